The molecule has 1 nitrogen and oxygen atoms in total. The first-order valence-corrected chi connectivity index (χ1v) is 6.16. The van der Waals surface area contributed by atoms with Crippen molar-refractivity contribution < 1.29 is 0 Å². The summed E-state index contributed by atoms with van der Waals surface area (Å²) >= 11 is 1.76. The highest BCUT2D eigenvalue weighted by atomic mass is 32.1. The molecule has 1 heterocycles. The van der Waals surface area contributed by atoms with Crippen LogP contribution in [0.3, 0.4) is 0 Å². The van der Waals surface area contributed by atoms with Gasteiger partial charge in [-0.2, -0.15) is 11.3 Å². The zero-order chi connectivity index (χ0) is 10.2. The summed E-state index contributed by atoms with van der Waals surface area (Å²) in [4.78, 5) is 0. The lowest BCUT2D eigenvalue weighted by atomic mass is 10.1. The molecule has 0 radical (unpaired) electrons. The molecule has 0 saturated heterocycles. The monoisotopic (exact) mass is 209 g/mol. The Morgan fingerprint density at radius 1 is 1.64 bits per heavy atom. The average Bonchev–Trinajstić information content (AvgIpc) is 2.71. The highest BCUT2D eigenvalue weighted by Crippen LogP contribution is 2.08. The van der Waals surface area contributed by atoms with Crippen LogP contribution in [0.5, 0.6) is 0 Å². The van der Waals surface area contributed by atoms with Gasteiger partial charge >= 0.3 is 0 Å². The lowest BCUT2D eigenvalue weighted by Crippen LogP contribution is -2.27. The van der Waals surface area contributed by atoms with Crippen LogP contribution in [0.15, 0.2) is 29.5 Å². The van der Waals surface area contributed by atoms with Gasteiger partial charge in [0.25, 0.3) is 0 Å². The van der Waals surface area contributed by atoms with Crippen LogP contribution in [-0.2, 0) is 6.54 Å². The van der Waals surface area contributed by atoms with Crippen LogP contribution in [0, 0.1) is 0 Å². The highest BCUT2D eigenvalue weighted by molar-refractivity contribution is 7.07. The Balaban J connectivity index is 2.23. The Morgan fingerprint density at radius 2 is 2.50 bits per heavy atom. The van der Waals surface area contributed by atoms with Crippen LogP contribution >= 0.6 is 11.3 Å². The van der Waals surface area contributed by atoms with Crippen LogP contribution in [0.25, 0.3) is 0 Å². The second-order valence-electron chi connectivity index (χ2n) is 3.48. The van der Waals surface area contributed by atoms with Crippen LogP contribution in [0.4, 0.5) is 0 Å². The fourth-order valence-corrected chi connectivity index (χ4v) is 2.09. The maximum Gasteiger partial charge on any atom is 0.0216 e. The minimum atomic E-state index is 0.632. The molecule has 1 aromatic heterocycles. The SMILES string of the molecule is C=CCCC(CC)NCc1ccsc1. The maximum atomic E-state index is 3.75. The third kappa shape index (κ3) is 4.07. The molecule has 78 valence electrons. The highest BCUT2D eigenvalue weighted by Gasteiger charge is 2.03. The van der Waals surface area contributed by atoms with Gasteiger partial charge in [0, 0.05) is 12.6 Å². The Labute approximate surface area is 90.9 Å². The molecule has 0 aromatic carbocycles. The van der Waals surface area contributed by atoms with Gasteiger partial charge in [-0.05, 0) is 41.7 Å². The number of nitrogens with one attached hydrogen (secondary N) is 1. The van der Waals surface area contributed by atoms with Crippen molar-refractivity contribution >= 4 is 11.3 Å². The van der Waals surface area contributed by atoms with Crippen molar-refractivity contribution in [2.45, 2.75) is 38.8 Å². The van der Waals surface area contributed by atoms with E-state index < -0.39 is 0 Å². The molecule has 2 heteroatoms. The predicted octanol–water partition coefficient (Wildman–Crippen LogP) is 3.58. The van der Waals surface area contributed by atoms with Gasteiger partial charge in [-0.1, -0.05) is 13.0 Å². The molecule has 1 aromatic rings. The molecule has 1 unspecified atom stereocenters. The van der Waals surface area contributed by atoms with E-state index in [1.807, 2.05) is 6.08 Å². The lowest BCUT2D eigenvalue weighted by molar-refractivity contribution is 0.471. The molecule has 1 atom stereocenters. The number of thiophene rings is 1. The summed E-state index contributed by atoms with van der Waals surface area (Å²) in [5.74, 6) is 0. The third-order valence-corrected chi connectivity index (χ3v) is 3.12. The van der Waals surface area contributed by atoms with E-state index in [-0.39, 0.29) is 0 Å². The molecule has 0 spiro atoms. The van der Waals surface area contributed by atoms with Gasteiger partial charge in [0.2, 0.25) is 0 Å². The third-order valence-electron chi connectivity index (χ3n) is 2.39. The second-order valence-corrected chi connectivity index (χ2v) is 4.26. The molecule has 14 heavy (non-hydrogen) atoms. The van der Waals surface area contributed by atoms with E-state index in [4.69, 9.17) is 0 Å². The van der Waals surface area contributed by atoms with Gasteiger partial charge in [-0.15, -0.1) is 6.58 Å². The molecule has 0 aliphatic rings. The van der Waals surface area contributed by atoms with Gasteiger partial charge in [-0.3, -0.25) is 0 Å². The lowest BCUT2D eigenvalue weighted by Gasteiger charge is -2.15. The van der Waals surface area contributed by atoms with Crippen molar-refractivity contribution in [1.29, 1.82) is 0 Å². The molecule has 0 aliphatic heterocycles. The van der Waals surface area contributed by atoms with Crippen molar-refractivity contribution in [1.82, 2.24) is 5.32 Å². The summed E-state index contributed by atoms with van der Waals surface area (Å²) in [7, 11) is 0. The molecule has 1 rings (SSSR count). The normalized spacial score (nSPS) is 12.6. The van der Waals surface area contributed by atoms with Crippen LogP contribution in [0.1, 0.15) is 31.7 Å². The fraction of sp³-hybridized carbons (Fsp3) is 0.500. The van der Waals surface area contributed by atoms with E-state index >= 15 is 0 Å². The largest absolute Gasteiger partial charge is 0.310 e. The topological polar surface area (TPSA) is 12.0 Å². The number of allylic oxidation sites excluding steroid dienone is 1. The van der Waals surface area contributed by atoms with Gasteiger partial charge in [0.05, 0.1) is 0 Å². The molecule has 0 fully saturated rings. The molecule has 0 aliphatic carbocycles. The predicted molar refractivity (Wildman–Crippen MR) is 64.7 cm³/mol. The van der Waals surface area contributed by atoms with Gasteiger partial charge in [-0.25, -0.2) is 0 Å². The Morgan fingerprint density at radius 3 is 3.07 bits per heavy atom. The van der Waals surface area contributed by atoms with E-state index in [0.29, 0.717) is 6.04 Å². The van der Waals surface area contributed by atoms with E-state index in [1.165, 1.54) is 18.4 Å². The summed E-state index contributed by atoms with van der Waals surface area (Å²) in [5.41, 5.74) is 1.40. The number of hydrogen-bond donors (Lipinski definition) is 1. The van der Waals surface area contributed by atoms with Crippen molar-refractivity contribution in [2.75, 3.05) is 0 Å². The standard InChI is InChI=1S/C12H19NS/c1-3-5-6-12(4-2)13-9-11-7-8-14-10-11/h3,7-8,10,12-13H,1,4-6,9H2,2H3. The summed E-state index contributed by atoms with van der Waals surface area (Å²) in [6.45, 7) is 6.98. The minimum Gasteiger partial charge on any atom is -0.310 e. The van der Waals surface area contributed by atoms with Crippen LogP contribution in [-0.4, -0.2) is 6.04 Å². The van der Waals surface area contributed by atoms with Crippen LogP contribution in [0.2, 0.25) is 0 Å². The van der Waals surface area contributed by atoms with Crippen LogP contribution < -0.4 is 5.32 Å². The fourth-order valence-electron chi connectivity index (χ4n) is 1.42. The summed E-state index contributed by atoms with van der Waals surface area (Å²) in [6.07, 6.45) is 5.49. The van der Waals surface area contributed by atoms with Crippen molar-refractivity contribution in [2.24, 2.45) is 0 Å². The molecule has 0 bridgehead atoms. The van der Waals surface area contributed by atoms with E-state index in [1.54, 1.807) is 11.3 Å². The number of hydrogen-bond acceptors (Lipinski definition) is 2. The Bertz CT molecular complexity index is 241. The van der Waals surface area contributed by atoms with Gasteiger partial charge in [0.15, 0.2) is 0 Å². The zero-order valence-electron chi connectivity index (χ0n) is 8.83. The maximum absolute atomic E-state index is 3.75. The first-order chi connectivity index (χ1) is 6.86. The summed E-state index contributed by atoms with van der Waals surface area (Å²) in [6, 6.07) is 2.81. The molecule has 0 saturated carbocycles. The molecular weight excluding hydrogens is 190 g/mol. The second kappa shape index (κ2) is 6.80. The number of rotatable bonds is 7. The Hall–Kier alpha value is -0.600. The first-order valence-electron chi connectivity index (χ1n) is 5.22. The van der Waals surface area contributed by atoms with E-state index in [0.717, 1.165) is 13.0 Å². The van der Waals surface area contributed by atoms with Crippen molar-refractivity contribution in [3.05, 3.63) is 35.0 Å². The quantitative estimate of drug-likeness (QED) is 0.677. The average molecular weight is 209 g/mol. The smallest absolute Gasteiger partial charge is 0.0216 e. The minimum absolute atomic E-state index is 0.632. The van der Waals surface area contributed by atoms with Gasteiger partial charge in [0.1, 0.15) is 0 Å². The molecule has 1 N–H and O–H groups in total. The van der Waals surface area contributed by atoms with Gasteiger partial charge < -0.3 is 5.32 Å². The molecular formula is C12H19NS. The first kappa shape index (κ1) is 11.5. The van der Waals surface area contributed by atoms with Crippen molar-refractivity contribution in [3.63, 3.8) is 0 Å². The molecule has 0 amide bonds. The summed E-state index contributed by atoms with van der Waals surface area (Å²) < 4.78 is 0. The zero-order valence-corrected chi connectivity index (χ0v) is 9.65. The van der Waals surface area contributed by atoms with Crippen molar-refractivity contribution in [3.8, 4) is 0 Å². The Kier molecular flexibility index (Phi) is 5.57. The van der Waals surface area contributed by atoms with E-state index in [9.17, 15) is 0 Å². The van der Waals surface area contributed by atoms with E-state index in [2.05, 4.69) is 35.6 Å². The summed E-state index contributed by atoms with van der Waals surface area (Å²) in [5, 5.41) is 7.89.